The zero-order valence-corrected chi connectivity index (χ0v) is 18.5. The summed E-state index contributed by atoms with van der Waals surface area (Å²) in [6, 6.07) is 11.7. The second-order valence-corrected chi connectivity index (χ2v) is 8.68. The van der Waals surface area contributed by atoms with Crippen LogP contribution in [-0.4, -0.2) is 54.3 Å². The molecule has 5 rings (SSSR count). The number of para-hydroxylation sites is 1. The zero-order valence-electron chi connectivity index (χ0n) is 18.5. The lowest BCUT2D eigenvalue weighted by molar-refractivity contribution is -0.146. The van der Waals surface area contributed by atoms with E-state index in [4.69, 9.17) is 9.47 Å². The standard InChI is InChI=1S/C23H28N6O3/c1-17-12-18(2)28(25-17)13-22(30)27-10-8-23(9-11-27)16-29-21(15-32-23)20(24-26-29)14-31-19-6-4-3-5-7-19/h3-7,12H,8-11,13-16H2,1-2H3. The Morgan fingerprint density at radius 3 is 2.69 bits per heavy atom. The molecule has 1 fully saturated rings. The molecule has 4 heterocycles. The van der Waals surface area contributed by atoms with Gasteiger partial charge >= 0.3 is 0 Å². The van der Waals surface area contributed by atoms with Crippen LogP contribution in [0, 0.1) is 13.8 Å². The summed E-state index contributed by atoms with van der Waals surface area (Å²) in [5.74, 6) is 0.906. The second-order valence-electron chi connectivity index (χ2n) is 8.68. The van der Waals surface area contributed by atoms with Gasteiger partial charge in [-0.3, -0.25) is 9.48 Å². The lowest BCUT2D eigenvalue weighted by Crippen LogP contribution is -2.52. The second kappa shape index (κ2) is 8.38. The summed E-state index contributed by atoms with van der Waals surface area (Å²) in [5.41, 5.74) is 3.41. The number of carbonyl (C=O) groups is 1. The maximum atomic E-state index is 12.8. The lowest BCUT2D eigenvalue weighted by Gasteiger charge is -2.43. The van der Waals surface area contributed by atoms with Gasteiger partial charge in [0.05, 0.1) is 30.1 Å². The highest BCUT2D eigenvalue weighted by Gasteiger charge is 2.41. The molecule has 2 aromatic heterocycles. The van der Waals surface area contributed by atoms with E-state index in [2.05, 4.69) is 15.4 Å². The molecule has 9 nitrogen and oxygen atoms in total. The van der Waals surface area contributed by atoms with Gasteiger partial charge in [0, 0.05) is 18.8 Å². The topological polar surface area (TPSA) is 87.3 Å². The number of benzene rings is 1. The van der Waals surface area contributed by atoms with E-state index in [9.17, 15) is 4.79 Å². The molecular formula is C23H28N6O3. The molecule has 2 aliphatic rings. The first-order valence-electron chi connectivity index (χ1n) is 11.0. The number of likely N-dealkylation sites (tertiary alicyclic amines) is 1. The van der Waals surface area contributed by atoms with Gasteiger partial charge in [-0.15, -0.1) is 5.10 Å². The van der Waals surface area contributed by atoms with E-state index in [1.807, 2.05) is 59.8 Å². The van der Waals surface area contributed by atoms with Gasteiger partial charge < -0.3 is 14.4 Å². The van der Waals surface area contributed by atoms with E-state index in [0.717, 1.165) is 41.4 Å². The number of hydrogen-bond acceptors (Lipinski definition) is 6. The van der Waals surface area contributed by atoms with Crippen LogP contribution in [0.4, 0.5) is 0 Å². The third kappa shape index (κ3) is 4.12. The molecule has 0 N–H and O–H groups in total. The van der Waals surface area contributed by atoms with E-state index < -0.39 is 0 Å². The van der Waals surface area contributed by atoms with Gasteiger partial charge in [0.15, 0.2) is 0 Å². The fourth-order valence-electron chi connectivity index (χ4n) is 4.50. The Morgan fingerprint density at radius 1 is 1.19 bits per heavy atom. The molecule has 0 unspecified atom stereocenters. The fourth-order valence-corrected chi connectivity index (χ4v) is 4.50. The van der Waals surface area contributed by atoms with Gasteiger partial charge in [0.2, 0.25) is 5.91 Å². The molecule has 1 amide bonds. The number of aryl methyl sites for hydroxylation is 2. The van der Waals surface area contributed by atoms with E-state index >= 15 is 0 Å². The molecule has 3 aromatic rings. The van der Waals surface area contributed by atoms with Gasteiger partial charge in [0.25, 0.3) is 0 Å². The number of aromatic nitrogens is 5. The van der Waals surface area contributed by atoms with Crippen molar-refractivity contribution in [1.29, 1.82) is 0 Å². The van der Waals surface area contributed by atoms with Crippen LogP contribution >= 0.6 is 0 Å². The highest BCUT2D eigenvalue weighted by atomic mass is 16.5. The summed E-state index contributed by atoms with van der Waals surface area (Å²) in [6.07, 6.45) is 1.57. The molecule has 0 aliphatic carbocycles. The van der Waals surface area contributed by atoms with Crippen LogP contribution < -0.4 is 4.74 Å². The van der Waals surface area contributed by atoms with E-state index in [1.54, 1.807) is 4.68 Å². The zero-order chi connectivity index (χ0) is 22.1. The normalized spacial score (nSPS) is 17.4. The molecule has 32 heavy (non-hydrogen) atoms. The Balaban J connectivity index is 1.18. The number of ether oxygens (including phenoxy) is 2. The maximum Gasteiger partial charge on any atom is 0.244 e. The molecule has 1 aromatic carbocycles. The minimum Gasteiger partial charge on any atom is -0.487 e. The Morgan fingerprint density at radius 2 is 1.97 bits per heavy atom. The summed E-state index contributed by atoms with van der Waals surface area (Å²) in [5, 5.41) is 13.1. The number of hydrogen-bond donors (Lipinski definition) is 0. The molecule has 1 saturated heterocycles. The average molecular weight is 437 g/mol. The van der Waals surface area contributed by atoms with Crippen molar-refractivity contribution in [3.8, 4) is 5.75 Å². The van der Waals surface area contributed by atoms with Gasteiger partial charge in [-0.2, -0.15) is 5.10 Å². The maximum absolute atomic E-state index is 12.8. The number of amides is 1. The summed E-state index contributed by atoms with van der Waals surface area (Å²) >= 11 is 0. The molecule has 0 saturated carbocycles. The molecule has 168 valence electrons. The van der Waals surface area contributed by atoms with Crippen LogP contribution in [0.25, 0.3) is 0 Å². The molecule has 1 spiro atoms. The van der Waals surface area contributed by atoms with Crippen LogP contribution in [-0.2, 0) is 35.8 Å². The number of nitrogens with zero attached hydrogens (tertiary/aromatic N) is 6. The summed E-state index contributed by atoms with van der Waals surface area (Å²) in [7, 11) is 0. The minimum atomic E-state index is -0.298. The fraction of sp³-hybridized carbons (Fsp3) is 0.478. The molecule has 9 heteroatoms. The molecular weight excluding hydrogens is 408 g/mol. The summed E-state index contributed by atoms with van der Waals surface area (Å²) in [6.45, 7) is 7.02. The third-order valence-corrected chi connectivity index (χ3v) is 6.41. The van der Waals surface area contributed by atoms with Crippen molar-refractivity contribution in [2.75, 3.05) is 13.1 Å². The molecule has 2 aliphatic heterocycles. The highest BCUT2D eigenvalue weighted by molar-refractivity contribution is 5.76. The van der Waals surface area contributed by atoms with Crippen molar-refractivity contribution in [3.05, 3.63) is 59.2 Å². The van der Waals surface area contributed by atoms with E-state index in [1.165, 1.54) is 0 Å². The summed E-state index contributed by atoms with van der Waals surface area (Å²) < 4.78 is 15.9. The quantitative estimate of drug-likeness (QED) is 0.610. The minimum absolute atomic E-state index is 0.101. The van der Waals surface area contributed by atoms with Crippen LogP contribution in [0.1, 0.15) is 35.6 Å². The SMILES string of the molecule is Cc1cc(C)n(CC(=O)N2CCC3(CC2)Cn2nnc(COc4ccccc4)c2CO3)n1. The third-order valence-electron chi connectivity index (χ3n) is 6.41. The Kier molecular flexibility index (Phi) is 5.42. The van der Waals surface area contributed by atoms with Gasteiger partial charge in [-0.25, -0.2) is 4.68 Å². The lowest BCUT2D eigenvalue weighted by atomic mass is 9.90. The van der Waals surface area contributed by atoms with Gasteiger partial charge in [-0.1, -0.05) is 23.4 Å². The largest absolute Gasteiger partial charge is 0.487 e. The highest BCUT2D eigenvalue weighted by Crippen LogP contribution is 2.33. The van der Waals surface area contributed by atoms with E-state index in [0.29, 0.717) is 32.8 Å². The van der Waals surface area contributed by atoms with Crippen molar-refractivity contribution in [1.82, 2.24) is 29.7 Å². The Bertz CT molecular complexity index is 1100. The molecule has 0 bridgehead atoms. The van der Waals surface area contributed by atoms with Crippen LogP contribution in [0.15, 0.2) is 36.4 Å². The smallest absolute Gasteiger partial charge is 0.244 e. The first-order valence-corrected chi connectivity index (χ1v) is 11.0. The summed E-state index contributed by atoms with van der Waals surface area (Å²) in [4.78, 5) is 14.7. The molecule has 0 radical (unpaired) electrons. The number of rotatable bonds is 5. The van der Waals surface area contributed by atoms with E-state index in [-0.39, 0.29) is 18.1 Å². The predicted molar refractivity (Wildman–Crippen MR) is 116 cm³/mol. The van der Waals surface area contributed by atoms with Crippen LogP contribution in [0.2, 0.25) is 0 Å². The average Bonchev–Trinajstić information content (AvgIpc) is 3.34. The van der Waals surface area contributed by atoms with Crippen molar-refractivity contribution < 1.29 is 14.3 Å². The van der Waals surface area contributed by atoms with Gasteiger partial charge in [0.1, 0.15) is 24.6 Å². The predicted octanol–water partition coefficient (Wildman–Crippen LogP) is 2.26. The van der Waals surface area contributed by atoms with Crippen LogP contribution in [0.5, 0.6) is 5.75 Å². The van der Waals surface area contributed by atoms with Crippen molar-refractivity contribution in [3.63, 3.8) is 0 Å². The Labute approximate surface area is 186 Å². The van der Waals surface area contributed by atoms with Crippen molar-refractivity contribution >= 4 is 5.91 Å². The monoisotopic (exact) mass is 436 g/mol. The number of carbonyl (C=O) groups excluding carboxylic acids is 1. The van der Waals surface area contributed by atoms with Gasteiger partial charge in [-0.05, 0) is 44.9 Å². The van der Waals surface area contributed by atoms with Crippen LogP contribution in [0.3, 0.4) is 0 Å². The van der Waals surface area contributed by atoms with Crippen molar-refractivity contribution in [2.24, 2.45) is 0 Å². The first-order chi connectivity index (χ1) is 15.5. The first kappa shape index (κ1) is 20.7. The van der Waals surface area contributed by atoms with Crippen molar-refractivity contribution in [2.45, 2.75) is 58.6 Å². The number of piperidine rings is 1. The number of fused-ring (bicyclic) bond motifs is 1. The Hall–Kier alpha value is -3.20. The molecule has 0 atom stereocenters.